The number of hydrogen-bond donors (Lipinski definition) is 0. The molecule has 1 heterocycles. The van der Waals surface area contributed by atoms with Crippen LogP contribution in [0.1, 0.15) is 48.0 Å². The largest absolute Gasteiger partial charge is 0.298 e. The molecule has 0 atom stereocenters. The van der Waals surface area contributed by atoms with E-state index >= 15 is 0 Å². The lowest BCUT2D eigenvalue weighted by Crippen LogP contribution is -2.15. The van der Waals surface area contributed by atoms with E-state index in [9.17, 15) is 4.79 Å². The van der Waals surface area contributed by atoms with Gasteiger partial charge < -0.3 is 0 Å². The first kappa shape index (κ1) is 13.5. The lowest BCUT2D eigenvalue weighted by molar-refractivity contribution is 0.112. The van der Waals surface area contributed by atoms with Crippen LogP contribution in [0.4, 0.5) is 0 Å². The molecule has 19 heavy (non-hydrogen) atoms. The van der Waals surface area contributed by atoms with E-state index in [1.807, 2.05) is 23.0 Å². The van der Waals surface area contributed by atoms with Gasteiger partial charge in [-0.2, -0.15) is 5.10 Å². The Balaban J connectivity index is 2.35. The molecule has 1 aromatic carbocycles. The van der Waals surface area contributed by atoms with Crippen LogP contribution >= 0.6 is 0 Å². The number of hydrogen-bond acceptors (Lipinski definition) is 2. The Labute approximate surface area is 114 Å². The average molecular weight is 256 g/mol. The van der Waals surface area contributed by atoms with Crippen molar-refractivity contribution < 1.29 is 4.79 Å². The molecular weight excluding hydrogens is 236 g/mol. The van der Waals surface area contributed by atoms with Crippen LogP contribution in [0.25, 0.3) is 0 Å². The molecule has 0 fully saturated rings. The molecule has 1 aromatic heterocycles. The Hall–Kier alpha value is -1.90. The molecule has 3 nitrogen and oxygen atoms in total. The van der Waals surface area contributed by atoms with Crippen LogP contribution in [0.5, 0.6) is 0 Å². The predicted molar refractivity (Wildman–Crippen MR) is 76.6 cm³/mol. The number of benzene rings is 1. The van der Waals surface area contributed by atoms with Crippen molar-refractivity contribution in [1.82, 2.24) is 9.78 Å². The Morgan fingerprint density at radius 2 is 1.95 bits per heavy atom. The lowest BCUT2D eigenvalue weighted by atomic mass is 9.90. The fourth-order valence-electron chi connectivity index (χ4n) is 2.15. The Morgan fingerprint density at radius 1 is 1.26 bits per heavy atom. The molecule has 2 aromatic rings. The predicted octanol–water partition coefficient (Wildman–Crippen LogP) is 3.35. The standard InChI is InChI=1S/C16H20N2O/c1-12-7-5-6-8-13(12)9-18-10-14(11-19)15(17-18)16(2,3)4/h5-8,10-11H,9H2,1-4H3. The molecule has 0 saturated heterocycles. The van der Waals surface area contributed by atoms with E-state index < -0.39 is 0 Å². The molecule has 2 rings (SSSR count). The van der Waals surface area contributed by atoms with Crippen molar-refractivity contribution in [3.8, 4) is 0 Å². The number of aryl methyl sites for hydroxylation is 1. The van der Waals surface area contributed by atoms with Gasteiger partial charge in [0.25, 0.3) is 0 Å². The van der Waals surface area contributed by atoms with Crippen molar-refractivity contribution in [3.63, 3.8) is 0 Å². The van der Waals surface area contributed by atoms with Gasteiger partial charge in [-0.15, -0.1) is 0 Å². The second-order valence-electron chi connectivity index (χ2n) is 5.92. The fraction of sp³-hybridized carbons (Fsp3) is 0.375. The highest BCUT2D eigenvalue weighted by atomic mass is 16.1. The van der Waals surface area contributed by atoms with Crippen LogP contribution in [-0.4, -0.2) is 16.1 Å². The highest BCUT2D eigenvalue weighted by Crippen LogP contribution is 2.23. The molecule has 0 amide bonds. The molecular formula is C16H20N2O. The van der Waals surface area contributed by atoms with Crippen molar-refractivity contribution in [1.29, 1.82) is 0 Å². The topological polar surface area (TPSA) is 34.9 Å². The Bertz CT molecular complexity index is 591. The first-order valence-corrected chi connectivity index (χ1v) is 6.49. The van der Waals surface area contributed by atoms with Gasteiger partial charge in [-0.05, 0) is 18.1 Å². The van der Waals surface area contributed by atoms with Gasteiger partial charge in [0.15, 0.2) is 6.29 Å². The maximum atomic E-state index is 11.2. The van der Waals surface area contributed by atoms with E-state index in [-0.39, 0.29) is 5.41 Å². The smallest absolute Gasteiger partial charge is 0.153 e. The van der Waals surface area contributed by atoms with Gasteiger partial charge in [-0.25, -0.2) is 0 Å². The molecule has 0 unspecified atom stereocenters. The third-order valence-electron chi connectivity index (χ3n) is 3.22. The quantitative estimate of drug-likeness (QED) is 0.789. The second kappa shape index (κ2) is 5.00. The number of carbonyl (C=O) groups is 1. The van der Waals surface area contributed by atoms with Crippen LogP contribution in [0.3, 0.4) is 0 Å². The summed E-state index contributed by atoms with van der Waals surface area (Å²) in [6.07, 6.45) is 2.72. The summed E-state index contributed by atoms with van der Waals surface area (Å²) in [6, 6.07) is 8.23. The summed E-state index contributed by atoms with van der Waals surface area (Å²) in [6.45, 7) is 9.00. The van der Waals surface area contributed by atoms with Gasteiger partial charge in [0.1, 0.15) is 0 Å². The summed E-state index contributed by atoms with van der Waals surface area (Å²) < 4.78 is 1.85. The molecule has 0 saturated carbocycles. The fourth-order valence-corrected chi connectivity index (χ4v) is 2.15. The van der Waals surface area contributed by atoms with Gasteiger partial charge in [0.05, 0.1) is 17.8 Å². The summed E-state index contributed by atoms with van der Waals surface area (Å²) in [7, 11) is 0. The van der Waals surface area contributed by atoms with Crippen molar-refractivity contribution in [2.24, 2.45) is 0 Å². The van der Waals surface area contributed by atoms with E-state index in [0.29, 0.717) is 12.1 Å². The molecule has 0 aliphatic rings. The normalized spacial score (nSPS) is 11.6. The summed E-state index contributed by atoms with van der Waals surface area (Å²) >= 11 is 0. The molecule has 100 valence electrons. The molecule has 0 radical (unpaired) electrons. The van der Waals surface area contributed by atoms with Crippen LogP contribution in [-0.2, 0) is 12.0 Å². The zero-order valence-electron chi connectivity index (χ0n) is 12.0. The first-order chi connectivity index (χ1) is 8.91. The Kier molecular flexibility index (Phi) is 3.56. The van der Waals surface area contributed by atoms with Gasteiger partial charge >= 0.3 is 0 Å². The van der Waals surface area contributed by atoms with Gasteiger partial charge in [0, 0.05) is 11.6 Å². The number of rotatable bonds is 3. The number of nitrogens with zero attached hydrogens (tertiary/aromatic N) is 2. The summed E-state index contributed by atoms with van der Waals surface area (Å²) in [5.41, 5.74) is 3.88. The molecule has 0 spiro atoms. The monoisotopic (exact) mass is 256 g/mol. The van der Waals surface area contributed by atoms with Crippen LogP contribution in [0.2, 0.25) is 0 Å². The minimum atomic E-state index is -0.118. The lowest BCUT2D eigenvalue weighted by Gasteiger charge is -2.15. The van der Waals surface area contributed by atoms with Gasteiger partial charge in [-0.1, -0.05) is 45.0 Å². The molecule has 0 aliphatic heterocycles. The third-order valence-corrected chi connectivity index (χ3v) is 3.22. The minimum absolute atomic E-state index is 0.118. The molecule has 0 bridgehead atoms. The molecule has 0 aliphatic carbocycles. The van der Waals surface area contributed by atoms with E-state index in [1.165, 1.54) is 11.1 Å². The summed E-state index contributed by atoms with van der Waals surface area (Å²) in [5.74, 6) is 0. The highest BCUT2D eigenvalue weighted by Gasteiger charge is 2.22. The third kappa shape index (κ3) is 2.92. The minimum Gasteiger partial charge on any atom is -0.298 e. The highest BCUT2D eigenvalue weighted by molar-refractivity contribution is 5.76. The summed E-state index contributed by atoms with van der Waals surface area (Å²) in [5, 5.41) is 4.57. The zero-order valence-corrected chi connectivity index (χ0v) is 12.0. The zero-order chi connectivity index (χ0) is 14.0. The summed E-state index contributed by atoms with van der Waals surface area (Å²) in [4.78, 5) is 11.2. The van der Waals surface area contributed by atoms with E-state index in [4.69, 9.17) is 0 Å². The molecule has 3 heteroatoms. The van der Waals surface area contributed by atoms with Crippen LogP contribution in [0.15, 0.2) is 30.5 Å². The van der Waals surface area contributed by atoms with Crippen molar-refractivity contribution in [2.45, 2.75) is 39.7 Å². The number of carbonyl (C=O) groups excluding carboxylic acids is 1. The van der Waals surface area contributed by atoms with Crippen LogP contribution < -0.4 is 0 Å². The maximum Gasteiger partial charge on any atom is 0.153 e. The number of aromatic nitrogens is 2. The van der Waals surface area contributed by atoms with Gasteiger partial charge in [0.2, 0.25) is 0 Å². The van der Waals surface area contributed by atoms with Crippen molar-refractivity contribution >= 4 is 6.29 Å². The SMILES string of the molecule is Cc1ccccc1Cn1cc(C=O)c(C(C)(C)C)n1. The number of aldehydes is 1. The van der Waals surface area contributed by atoms with Crippen molar-refractivity contribution in [3.05, 3.63) is 52.8 Å². The molecule has 0 N–H and O–H groups in total. The van der Waals surface area contributed by atoms with E-state index in [1.54, 1.807) is 0 Å². The van der Waals surface area contributed by atoms with E-state index in [2.05, 4.69) is 44.9 Å². The van der Waals surface area contributed by atoms with Crippen LogP contribution in [0, 0.1) is 6.92 Å². The van der Waals surface area contributed by atoms with E-state index in [0.717, 1.165) is 12.0 Å². The van der Waals surface area contributed by atoms with Crippen molar-refractivity contribution in [2.75, 3.05) is 0 Å². The van der Waals surface area contributed by atoms with Gasteiger partial charge in [-0.3, -0.25) is 9.48 Å². The first-order valence-electron chi connectivity index (χ1n) is 6.49. The average Bonchev–Trinajstić information content (AvgIpc) is 2.75. The Morgan fingerprint density at radius 3 is 2.47 bits per heavy atom. The maximum absolute atomic E-state index is 11.2. The second-order valence-corrected chi connectivity index (χ2v) is 5.92.